The average molecular weight is 333 g/mol. The van der Waals surface area contributed by atoms with Gasteiger partial charge in [-0.1, -0.05) is 31.0 Å². The number of halogens is 1. The Morgan fingerprint density at radius 1 is 1.33 bits per heavy atom. The van der Waals surface area contributed by atoms with Crippen LogP contribution in [-0.2, 0) is 10.0 Å². The highest BCUT2D eigenvalue weighted by Gasteiger charge is 2.15. The first-order valence-corrected chi connectivity index (χ1v) is 9.06. The second-order valence-electron chi connectivity index (χ2n) is 4.78. The highest BCUT2D eigenvalue weighted by Crippen LogP contribution is 2.10. The van der Waals surface area contributed by atoms with Crippen molar-refractivity contribution in [1.82, 2.24) is 9.62 Å². The molecule has 21 heavy (non-hydrogen) atoms. The molecule has 0 aliphatic rings. The van der Waals surface area contributed by atoms with Crippen molar-refractivity contribution in [3.05, 3.63) is 34.9 Å². The molecule has 0 aromatic heterocycles. The average Bonchev–Trinajstić information content (AvgIpc) is 2.41. The van der Waals surface area contributed by atoms with Gasteiger partial charge in [0.05, 0.1) is 6.26 Å². The summed E-state index contributed by atoms with van der Waals surface area (Å²) in [5, 5.41) is 3.19. The van der Waals surface area contributed by atoms with E-state index in [2.05, 4.69) is 5.32 Å². The number of amides is 1. The van der Waals surface area contributed by atoms with Crippen molar-refractivity contribution in [2.24, 2.45) is 0 Å². The fraction of sp³-hybridized carbons (Fsp3) is 0.500. The number of carbonyl (C=O) groups is 1. The van der Waals surface area contributed by atoms with Crippen molar-refractivity contribution in [3.8, 4) is 0 Å². The van der Waals surface area contributed by atoms with E-state index in [1.54, 1.807) is 24.3 Å². The summed E-state index contributed by atoms with van der Waals surface area (Å²) in [6.07, 6.45) is 2.90. The van der Waals surface area contributed by atoms with Crippen LogP contribution in [0.3, 0.4) is 0 Å². The van der Waals surface area contributed by atoms with Crippen LogP contribution in [0.4, 0.5) is 0 Å². The Hall–Kier alpha value is -1.11. The molecule has 1 rings (SSSR count). The van der Waals surface area contributed by atoms with E-state index in [1.165, 1.54) is 10.6 Å². The molecule has 0 aliphatic carbocycles. The topological polar surface area (TPSA) is 66.5 Å². The van der Waals surface area contributed by atoms with Gasteiger partial charge in [-0.05, 0) is 24.6 Å². The molecule has 0 fully saturated rings. The molecule has 1 aromatic carbocycles. The lowest BCUT2D eigenvalue weighted by Crippen LogP contribution is -2.38. The van der Waals surface area contributed by atoms with E-state index in [0.717, 1.165) is 12.8 Å². The van der Waals surface area contributed by atoms with E-state index in [9.17, 15) is 13.2 Å². The maximum atomic E-state index is 11.9. The number of hydrogen-bond donors (Lipinski definition) is 1. The van der Waals surface area contributed by atoms with E-state index in [4.69, 9.17) is 11.6 Å². The maximum absolute atomic E-state index is 11.9. The molecular weight excluding hydrogens is 312 g/mol. The summed E-state index contributed by atoms with van der Waals surface area (Å²) in [6.45, 7) is 3.01. The summed E-state index contributed by atoms with van der Waals surface area (Å²) in [5.41, 5.74) is 0.460. The summed E-state index contributed by atoms with van der Waals surface area (Å²) in [6, 6.07) is 6.62. The molecular formula is C14H21ClN2O3S. The van der Waals surface area contributed by atoms with E-state index in [1.807, 2.05) is 6.92 Å². The van der Waals surface area contributed by atoms with Gasteiger partial charge in [-0.3, -0.25) is 4.79 Å². The van der Waals surface area contributed by atoms with Crippen molar-refractivity contribution >= 4 is 27.5 Å². The Morgan fingerprint density at radius 2 is 2.05 bits per heavy atom. The third-order valence-electron chi connectivity index (χ3n) is 2.96. The summed E-state index contributed by atoms with van der Waals surface area (Å²) in [5.74, 6) is -0.263. The number of benzene rings is 1. The minimum Gasteiger partial charge on any atom is -0.351 e. The van der Waals surface area contributed by atoms with Crippen LogP contribution in [0.5, 0.6) is 0 Å². The highest BCUT2D eigenvalue weighted by molar-refractivity contribution is 7.88. The molecule has 0 atom stereocenters. The molecule has 0 unspecified atom stereocenters. The van der Waals surface area contributed by atoms with E-state index in [-0.39, 0.29) is 19.0 Å². The Bertz CT molecular complexity index is 575. The summed E-state index contributed by atoms with van der Waals surface area (Å²) < 4.78 is 24.6. The molecule has 0 spiro atoms. The largest absolute Gasteiger partial charge is 0.351 e. The number of unbranched alkanes of at least 4 members (excludes halogenated alkanes) is 1. The molecule has 0 radical (unpaired) electrons. The highest BCUT2D eigenvalue weighted by atomic mass is 35.5. The summed E-state index contributed by atoms with van der Waals surface area (Å²) >= 11 is 5.82. The van der Waals surface area contributed by atoms with Gasteiger partial charge in [-0.15, -0.1) is 0 Å². The summed E-state index contributed by atoms with van der Waals surface area (Å²) in [4.78, 5) is 11.9. The number of carbonyl (C=O) groups excluding carboxylic acids is 1. The number of nitrogens with zero attached hydrogens (tertiary/aromatic N) is 1. The lowest BCUT2D eigenvalue weighted by Gasteiger charge is -2.19. The van der Waals surface area contributed by atoms with Gasteiger partial charge in [0.2, 0.25) is 10.0 Å². The molecule has 0 aliphatic heterocycles. The Morgan fingerprint density at radius 3 is 2.62 bits per heavy atom. The molecule has 0 saturated carbocycles. The quantitative estimate of drug-likeness (QED) is 0.793. The number of nitrogens with one attached hydrogen (secondary N) is 1. The van der Waals surface area contributed by atoms with Gasteiger partial charge in [-0.2, -0.15) is 0 Å². The fourth-order valence-electron chi connectivity index (χ4n) is 1.80. The van der Waals surface area contributed by atoms with Crippen LogP contribution in [0.15, 0.2) is 24.3 Å². The smallest absolute Gasteiger partial charge is 0.251 e. The minimum atomic E-state index is -3.25. The molecule has 0 saturated heterocycles. The zero-order chi connectivity index (χ0) is 15.9. The second kappa shape index (κ2) is 8.36. The zero-order valence-electron chi connectivity index (χ0n) is 12.3. The Balaban J connectivity index is 2.52. The lowest BCUT2D eigenvalue weighted by atomic mass is 10.2. The first kappa shape index (κ1) is 17.9. The second-order valence-corrected chi connectivity index (χ2v) is 7.20. The molecule has 1 N–H and O–H groups in total. The van der Waals surface area contributed by atoms with Crippen molar-refractivity contribution in [3.63, 3.8) is 0 Å². The number of rotatable bonds is 8. The SMILES string of the molecule is CCCCN(CCNC(=O)c1cccc(Cl)c1)S(C)(=O)=O. The zero-order valence-corrected chi connectivity index (χ0v) is 13.9. The molecule has 5 nitrogen and oxygen atoms in total. The predicted octanol–water partition coefficient (Wildman–Crippen LogP) is 2.13. The predicted molar refractivity (Wildman–Crippen MR) is 85.1 cm³/mol. The monoisotopic (exact) mass is 332 g/mol. The van der Waals surface area contributed by atoms with Gasteiger partial charge in [0, 0.05) is 30.2 Å². The van der Waals surface area contributed by atoms with Crippen molar-refractivity contribution in [2.45, 2.75) is 19.8 Å². The van der Waals surface area contributed by atoms with Crippen molar-refractivity contribution < 1.29 is 13.2 Å². The van der Waals surface area contributed by atoms with Crippen LogP contribution in [0.25, 0.3) is 0 Å². The Labute approximate surface area is 131 Å². The summed E-state index contributed by atoms with van der Waals surface area (Å²) in [7, 11) is -3.25. The normalized spacial score (nSPS) is 11.6. The van der Waals surface area contributed by atoms with Gasteiger partial charge in [0.1, 0.15) is 0 Å². The van der Waals surface area contributed by atoms with Gasteiger partial charge >= 0.3 is 0 Å². The third kappa shape index (κ3) is 6.46. The van der Waals surface area contributed by atoms with Crippen LogP contribution in [-0.4, -0.2) is 44.5 Å². The van der Waals surface area contributed by atoms with Gasteiger partial charge < -0.3 is 5.32 Å². The van der Waals surface area contributed by atoms with Crippen LogP contribution in [0.2, 0.25) is 5.02 Å². The maximum Gasteiger partial charge on any atom is 0.251 e. The number of sulfonamides is 1. The van der Waals surface area contributed by atoms with Crippen molar-refractivity contribution in [2.75, 3.05) is 25.9 Å². The van der Waals surface area contributed by atoms with Gasteiger partial charge in [0.25, 0.3) is 5.91 Å². The third-order valence-corrected chi connectivity index (χ3v) is 4.50. The van der Waals surface area contributed by atoms with Crippen LogP contribution >= 0.6 is 11.6 Å². The molecule has 118 valence electrons. The number of hydrogen-bond acceptors (Lipinski definition) is 3. The van der Waals surface area contributed by atoms with Crippen molar-refractivity contribution in [1.29, 1.82) is 0 Å². The van der Waals surface area contributed by atoms with E-state index >= 15 is 0 Å². The fourth-order valence-corrected chi connectivity index (χ4v) is 2.88. The molecule has 0 bridgehead atoms. The van der Waals surface area contributed by atoms with Crippen LogP contribution < -0.4 is 5.32 Å². The molecule has 7 heteroatoms. The van der Waals surface area contributed by atoms with E-state index in [0.29, 0.717) is 17.1 Å². The van der Waals surface area contributed by atoms with E-state index < -0.39 is 10.0 Å². The Kier molecular flexibility index (Phi) is 7.14. The molecule has 0 heterocycles. The first-order chi connectivity index (χ1) is 9.84. The van der Waals surface area contributed by atoms with Crippen LogP contribution in [0, 0.1) is 0 Å². The minimum absolute atomic E-state index is 0.263. The van der Waals surface area contributed by atoms with Gasteiger partial charge in [-0.25, -0.2) is 12.7 Å². The lowest BCUT2D eigenvalue weighted by molar-refractivity contribution is 0.0951. The molecule has 1 aromatic rings. The molecule has 1 amide bonds. The van der Waals surface area contributed by atoms with Gasteiger partial charge in [0.15, 0.2) is 0 Å². The van der Waals surface area contributed by atoms with Crippen LogP contribution in [0.1, 0.15) is 30.1 Å². The standard InChI is InChI=1S/C14H21ClN2O3S/c1-3-4-9-17(21(2,19)20)10-8-16-14(18)12-6-5-7-13(15)11-12/h5-7,11H,3-4,8-10H2,1-2H3,(H,16,18). The first-order valence-electron chi connectivity index (χ1n) is 6.83.